The Kier molecular flexibility index (Phi) is 5.18. The first kappa shape index (κ1) is 16.9. The van der Waals surface area contributed by atoms with E-state index < -0.39 is 27.7 Å². The van der Waals surface area contributed by atoms with Gasteiger partial charge in [0, 0.05) is 13.1 Å². The molecule has 0 aromatic heterocycles. The standard InChI is InChI=1S/C15H20FNO4S/c1-3-21-15(18)12-5-4-8-17(10-12)22(19,20)14-9-11(2)6-7-13(14)16/h6-7,9,12H,3-5,8,10H2,1-2H3/t12-/m0/s1. The maximum atomic E-state index is 13.9. The predicted octanol–water partition coefficient (Wildman–Crippen LogP) is 2.10. The lowest BCUT2D eigenvalue weighted by molar-refractivity contribution is -0.149. The number of hydrogen-bond donors (Lipinski definition) is 0. The second kappa shape index (κ2) is 6.75. The normalized spacial score (nSPS) is 19.9. The number of halogens is 1. The van der Waals surface area contributed by atoms with Gasteiger partial charge in [0.1, 0.15) is 10.7 Å². The van der Waals surface area contributed by atoms with Crippen molar-refractivity contribution in [1.29, 1.82) is 0 Å². The molecule has 1 aliphatic rings. The summed E-state index contributed by atoms with van der Waals surface area (Å²) in [5.41, 5.74) is 0.666. The maximum Gasteiger partial charge on any atom is 0.310 e. The van der Waals surface area contributed by atoms with Gasteiger partial charge >= 0.3 is 5.97 Å². The number of esters is 1. The van der Waals surface area contributed by atoms with Gasteiger partial charge in [-0.3, -0.25) is 4.79 Å². The lowest BCUT2D eigenvalue weighted by Gasteiger charge is -2.30. The molecule has 1 saturated heterocycles. The molecule has 2 rings (SSSR count). The first-order valence-electron chi connectivity index (χ1n) is 7.29. The van der Waals surface area contributed by atoms with Crippen LogP contribution >= 0.6 is 0 Å². The summed E-state index contributed by atoms with van der Waals surface area (Å²) in [5.74, 6) is -1.66. The fourth-order valence-corrected chi connectivity index (χ4v) is 4.23. The van der Waals surface area contributed by atoms with Crippen LogP contribution in [-0.4, -0.2) is 38.4 Å². The second-order valence-electron chi connectivity index (χ2n) is 5.39. The number of benzene rings is 1. The summed E-state index contributed by atoms with van der Waals surface area (Å²) in [5, 5.41) is 0. The van der Waals surface area contributed by atoms with Gasteiger partial charge < -0.3 is 4.74 Å². The van der Waals surface area contributed by atoms with Crippen LogP contribution in [0.15, 0.2) is 23.1 Å². The molecule has 1 aromatic rings. The van der Waals surface area contributed by atoms with Crippen LogP contribution in [0, 0.1) is 18.7 Å². The van der Waals surface area contributed by atoms with Gasteiger partial charge in [0.15, 0.2) is 0 Å². The molecule has 1 atom stereocenters. The minimum Gasteiger partial charge on any atom is -0.466 e. The van der Waals surface area contributed by atoms with Gasteiger partial charge in [0.2, 0.25) is 10.0 Å². The Morgan fingerprint density at radius 1 is 1.45 bits per heavy atom. The van der Waals surface area contributed by atoms with E-state index in [0.29, 0.717) is 18.4 Å². The van der Waals surface area contributed by atoms with E-state index >= 15 is 0 Å². The Morgan fingerprint density at radius 3 is 2.86 bits per heavy atom. The zero-order valence-corrected chi connectivity index (χ0v) is 13.5. The Hall–Kier alpha value is -1.47. The number of hydrogen-bond acceptors (Lipinski definition) is 4. The van der Waals surface area contributed by atoms with E-state index in [1.54, 1.807) is 13.8 Å². The molecule has 0 N–H and O–H groups in total. The number of carbonyl (C=O) groups is 1. The average Bonchev–Trinajstić information content (AvgIpc) is 2.50. The first-order valence-corrected chi connectivity index (χ1v) is 8.73. The molecule has 1 aromatic carbocycles. The van der Waals surface area contributed by atoms with E-state index in [-0.39, 0.29) is 24.6 Å². The molecule has 1 heterocycles. The fourth-order valence-electron chi connectivity index (χ4n) is 2.56. The van der Waals surface area contributed by atoms with Gasteiger partial charge in [-0.1, -0.05) is 6.07 Å². The molecule has 7 heteroatoms. The highest BCUT2D eigenvalue weighted by atomic mass is 32.2. The van der Waals surface area contributed by atoms with Crippen LogP contribution in [0.2, 0.25) is 0 Å². The van der Waals surface area contributed by atoms with Crippen LogP contribution in [-0.2, 0) is 19.6 Å². The Labute approximate surface area is 130 Å². The number of piperidine rings is 1. The molecule has 0 spiro atoms. The Balaban J connectivity index is 2.25. The monoisotopic (exact) mass is 329 g/mol. The number of sulfonamides is 1. The van der Waals surface area contributed by atoms with Crippen molar-refractivity contribution in [2.45, 2.75) is 31.6 Å². The van der Waals surface area contributed by atoms with Crippen LogP contribution in [0.4, 0.5) is 4.39 Å². The molecule has 0 saturated carbocycles. The lowest BCUT2D eigenvalue weighted by atomic mass is 10.0. The van der Waals surface area contributed by atoms with Gasteiger partial charge in [-0.25, -0.2) is 12.8 Å². The molecule has 0 aliphatic carbocycles. The highest BCUT2D eigenvalue weighted by molar-refractivity contribution is 7.89. The van der Waals surface area contributed by atoms with Crippen LogP contribution < -0.4 is 0 Å². The van der Waals surface area contributed by atoms with E-state index in [9.17, 15) is 17.6 Å². The van der Waals surface area contributed by atoms with Gasteiger partial charge in [0.05, 0.1) is 12.5 Å². The summed E-state index contributed by atoms with van der Waals surface area (Å²) >= 11 is 0. The van der Waals surface area contributed by atoms with Gasteiger partial charge in [-0.2, -0.15) is 4.31 Å². The van der Waals surface area contributed by atoms with Crippen LogP contribution in [0.5, 0.6) is 0 Å². The number of nitrogens with zero attached hydrogens (tertiary/aromatic N) is 1. The van der Waals surface area contributed by atoms with Crippen LogP contribution in [0.3, 0.4) is 0 Å². The highest BCUT2D eigenvalue weighted by Crippen LogP contribution is 2.26. The number of carbonyl (C=O) groups excluding carboxylic acids is 1. The van der Waals surface area contributed by atoms with Crippen LogP contribution in [0.1, 0.15) is 25.3 Å². The predicted molar refractivity (Wildman–Crippen MR) is 79.3 cm³/mol. The minimum atomic E-state index is -3.95. The maximum absolute atomic E-state index is 13.9. The van der Waals surface area contributed by atoms with Crippen molar-refractivity contribution in [3.8, 4) is 0 Å². The Morgan fingerprint density at radius 2 is 2.18 bits per heavy atom. The average molecular weight is 329 g/mol. The molecule has 0 bridgehead atoms. The minimum absolute atomic E-state index is 0.0363. The molecule has 122 valence electrons. The zero-order valence-electron chi connectivity index (χ0n) is 12.7. The molecule has 0 amide bonds. The summed E-state index contributed by atoms with van der Waals surface area (Å²) in [4.78, 5) is 11.5. The molecule has 1 aliphatic heterocycles. The van der Waals surface area contributed by atoms with Crippen molar-refractivity contribution in [1.82, 2.24) is 4.31 Å². The highest BCUT2D eigenvalue weighted by Gasteiger charge is 2.35. The third kappa shape index (κ3) is 3.47. The topological polar surface area (TPSA) is 63.7 Å². The molecule has 5 nitrogen and oxygen atoms in total. The third-order valence-electron chi connectivity index (χ3n) is 3.71. The molecule has 0 radical (unpaired) electrons. The van der Waals surface area contributed by atoms with Crippen molar-refractivity contribution in [2.75, 3.05) is 19.7 Å². The summed E-state index contributed by atoms with van der Waals surface area (Å²) in [6.07, 6.45) is 1.14. The van der Waals surface area contributed by atoms with Gasteiger partial charge in [0.25, 0.3) is 0 Å². The summed E-state index contributed by atoms with van der Waals surface area (Å²) < 4.78 is 45.3. The number of rotatable bonds is 4. The quantitative estimate of drug-likeness (QED) is 0.794. The SMILES string of the molecule is CCOC(=O)[C@H]1CCCN(S(=O)(=O)c2cc(C)ccc2F)C1. The third-order valence-corrected chi connectivity index (χ3v) is 5.59. The molecule has 1 fully saturated rings. The van der Waals surface area contributed by atoms with Crippen molar-refractivity contribution < 1.29 is 22.3 Å². The van der Waals surface area contributed by atoms with E-state index in [1.807, 2.05) is 0 Å². The van der Waals surface area contributed by atoms with Crippen molar-refractivity contribution in [3.05, 3.63) is 29.6 Å². The molecular weight excluding hydrogens is 309 g/mol. The zero-order chi connectivity index (χ0) is 16.3. The van der Waals surface area contributed by atoms with E-state index in [2.05, 4.69) is 0 Å². The second-order valence-corrected chi connectivity index (χ2v) is 7.29. The fraction of sp³-hybridized carbons (Fsp3) is 0.533. The lowest BCUT2D eigenvalue weighted by Crippen LogP contribution is -2.43. The van der Waals surface area contributed by atoms with Crippen molar-refractivity contribution in [2.24, 2.45) is 5.92 Å². The molecular formula is C15H20FNO4S. The van der Waals surface area contributed by atoms with Crippen LogP contribution in [0.25, 0.3) is 0 Å². The first-order chi connectivity index (χ1) is 10.4. The largest absolute Gasteiger partial charge is 0.466 e. The van der Waals surface area contributed by atoms with E-state index in [1.165, 1.54) is 16.4 Å². The Bertz CT molecular complexity index is 660. The van der Waals surface area contributed by atoms with E-state index in [0.717, 1.165) is 6.07 Å². The summed E-state index contributed by atoms with van der Waals surface area (Å²) in [6, 6.07) is 3.99. The summed E-state index contributed by atoms with van der Waals surface area (Å²) in [7, 11) is -3.95. The number of ether oxygens (including phenoxy) is 1. The smallest absolute Gasteiger partial charge is 0.310 e. The van der Waals surface area contributed by atoms with Gasteiger partial charge in [-0.05, 0) is 44.4 Å². The summed E-state index contributed by atoms with van der Waals surface area (Å²) in [6.45, 7) is 3.99. The van der Waals surface area contributed by atoms with E-state index in [4.69, 9.17) is 4.74 Å². The van der Waals surface area contributed by atoms with Crippen molar-refractivity contribution in [3.63, 3.8) is 0 Å². The number of aryl methyl sites for hydroxylation is 1. The molecule has 0 unspecified atom stereocenters. The molecule has 22 heavy (non-hydrogen) atoms. The van der Waals surface area contributed by atoms with Gasteiger partial charge in [-0.15, -0.1) is 0 Å². The van der Waals surface area contributed by atoms with Crippen molar-refractivity contribution >= 4 is 16.0 Å².